The van der Waals surface area contributed by atoms with E-state index in [1.807, 2.05) is 0 Å². The molecule has 0 spiro atoms. The van der Waals surface area contributed by atoms with E-state index in [0.717, 1.165) is 25.7 Å². The van der Waals surface area contributed by atoms with Gasteiger partial charge in [-0.05, 0) is 43.7 Å². The first kappa shape index (κ1) is 15.6. The van der Waals surface area contributed by atoms with Crippen LogP contribution in [-0.4, -0.2) is 35.8 Å². The van der Waals surface area contributed by atoms with Crippen molar-refractivity contribution < 1.29 is 14.0 Å². The van der Waals surface area contributed by atoms with Crippen LogP contribution in [0.5, 0.6) is 0 Å². The number of likely N-dealkylation sites (tertiary alicyclic amines) is 1. The number of nitrogens with zero attached hydrogens (tertiary/aromatic N) is 1. The summed E-state index contributed by atoms with van der Waals surface area (Å²) in [5, 5.41) is 2.95. The van der Waals surface area contributed by atoms with Crippen molar-refractivity contribution in [3.63, 3.8) is 0 Å². The molecule has 2 heterocycles. The fourth-order valence-corrected chi connectivity index (χ4v) is 2.66. The fourth-order valence-electron chi connectivity index (χ4n) is 2.66. The maximum Gasteiger partial charge on any atom is 0.290 e. The van der Waals surface area contributed by atoms with Crippen molar-refractivity contribution >= 4 is 11.8 Å². The molecule has 1 N–H and O–H groups in total. The van der Waals surface area contributed by atoms with Crippen molar-refractivity contribution in [3.05, 3.63) is 24.2 Å². The lowest BCUT2D eigenvalue weighted by Crippen LogP contribution is -2.46. The molecule has 1 unspecified atom stereocenters. The van der Waals surface area contributed by atoms with Gasteiger partial charge < -0.3 is 14.6 Å². The highest BCUT2D eigenvalue weighted by molar-refractivity contribution is 5.95. The smallest absolute Gasteiger partial charge is 0.290 e. The number of hydrogen-bond acceptors (Lipinski definition) is 3. The van der Waals surface area contributed by atoms with Crippen LogP contribution in [0.4, 0.5) is 0 Å². The van der Waals surface area contributed by atoms with Gasteiger partial charge in [-0.1, -0.05) is 13.8 Å². The quantitative estimate of drug-likeness (QED) is 0.819. The lowest BCUT2D eigenvalue weighted by atomic mass is 10.1. The Labute approximate surface area is 125 Å². The van der Waals surface area contributed by atoms with Crippen LogP contribution < -0.4 is 5.32 Å². The molecular weight excluding hydrogens is 268 g/mol. The normalized spacial score (nSPS) is 18.2. The molecular formula is C16H24N2O3. The number of hydrogen-bond donors (Lipinski definition) is 1. The van der Waals surface area contributed by atoms with E-state index >= 15 is 0 Å². The number of nitrogens with one attached hydrogen (secondary N) is 1. The first-order chi connectivity index (χ1) is 10.1. The monoisotopic (exact) mass is 292 g/mol. The van der Waals surface area contributed by atoms with Crippen LogP contribution in [0.15, 0.2) is 22.8 Å². The predicted octanol–water partition coefficient (Wildman–Crippen LogP) is 2.44. The van der Waals surface area contributed by atoms with Gasteiger partial charge in [-0.3, -0.25) is 9.59 Å². The topological polar surface area (TPSA) is 62.6 Å². The Kier molecular flexibility index (Phi) is 5.42. The minimum atomic E-state index is -0.360. The van der Waals surface area contributed by atoms with E-state index in [1.165, 1.54) is 6.26 Å². The third kappa shape index (κ3) is 4.09. The molecule has 1 aliphatic heterocycles. The zero-order valence-electron chi connectivity index (χ0n) is 12.8. The van der Waals surface area contributed by atoms with Crippen LogP contribution in [0.2, 0.25) is 0 Å². The molecule has 1 fully saturated rings. The van der Waals surface area contributed by atoms with E-state index in [2.05, 4.69) is 19.2 Å². The highest BCUT2D eigenvalue weighted by atomic mass is 16.3. The number of furan rings is 1. The standard InChI is InChI=1S/C16H24N2O3/c1-12(2)6-3-9-17-15(19)13-7-4-10-18(13)16(20)14-8-5-11-21-14/h5,8,11-13H,3-4,6-7,9-10H2,1-2H3,(H,17,19). The summed E-state index contributed by atoms with van der Waals surface area (Å²) in [6.07, 6.45) is 5.13. The third-order valence-electron chi connectivity index (χ3n) is 3.81. The van der Waals surface area contributed by atoms with Gasteiger partial charge in [0.25, 0.3) is 5.91 Å². The van der Waals surface area contributed by atoms with Gasteiger partial charge >= 0.3 is 0 Å². The zero-order chi connectivity index (χ0) is 15.2. The number of amides is 2. The van der Waals surface area contributed by atoms with Gasteiger partial charge in [0.2, 0.25) is 5.91 Å². The molecule has 0 aromatic carbocycles. The first-order valence-corrected chi connectivity index (χ1v) is 7.71. The SMILES string of the molecule is CC(C)CCCNC(=O)C1CCCN1C(=O)c1ccco1. The van der Waals surface area contributed by atoms with Gasteiger partial charge in [0.05, 0.1) is 6.26 Å². The largest absolute Gasteiger partial charge is 0.459 e. The average Bonchev–Trinajstić information content (AvgIpc) is 3.12. The summed E-state index contributed by atoms with van der Waals surface area (Å²) in [7, 11) is 0. The molecule has 0 aliphatic carbocycles. The second kappa shape index (κ2) is 7.29. The summed E-state index contributed by atoms with van der Waals surface area (Å²) in [5.41, 5.74) is 0. The molecule has 5 heteroatoms. The summed E-state index contributed by atoms with van der Waals surface area (Å²) in [6.45, 7) is 5.63. The van der Waals surface area contributed by atoms with Crippen LogP contribution >= 0.6 is 0 Å². The zero-order valence-corrected chi connectivity index (χ0v) is 12.8. The summed E-state index contributed by atoms with van der Waals surface area (Å²) in [5.74, 6) is 0.705. The van der Waals surface area contributed by atoms with Crippen LogP contribution in [-0.2, 0) is 4.79 Å². The van der Waals surface area contributed by atoms with Crippen molar-refractivity contribution in [2.45, 2.75) is 45.6 Å². The molecule has 1 aromatic rings. The van der Waals surface area contributed by atoms with Gasteiger partial charge in [0.15, 0.2) is 5.76 Å². The Morgan fingerprint density at radius 3 is 2.95 bits per heavy atom. The maximum absolute atomic E-state index is 12.3. The number of carbonyl (C=O) groups excluding carboxylic acids is 2. The van der Waals surface area contributed by atoms with Gasteiger partial charge in [0, 0.05) is 13.1 Å². The maximum atomic E-state index is 12.3. The Hall–Kier alpha value is -1.78. The molecule has 1 aliphatic rings. The molecule has 0 saturated carbocycles. The van der Waals surface area contributed by atoms with E-state index in [0.29, 0.717) is 24.8 Å². The molecule has 0 radical (unpaired) electrons. The molecule has 2 amide bonds. The highest BCUT2D eigenvalue weighted by Gasteiger charge is 2.35. The average molecular weight is 292 g/mol. The van der Waals surface area contributed by atoms with Crippen LogP contribution in [0, 0.1) is 5.92 Å². The Morgan fingerprint density at radius 1 is 1.48 bits per heavy atom. The molecule has 2 rings (SSSR count). The number of rotatable bonds is 6. The Bertz CT molecular complexity index is 468. The van der Waals surface area contributed by atoms with E-state index in [4.69, 9.17) is 4.42 Å². The van der Waals surface area contributed by atoms with Crippen molar-refractivity contribution in [1.29, 1.82) is 0 Å². The Morgan fingerprint density at radius 2 is 2.29 bits per heavy atom. The van der Waals surface area contributed by atoms with Crippen molar-refractivity contribution in [2.75, 3.05) is 13.1 Å². The van der Waals surface area contributed by atoms with Crippen molar-refractivity contribution in [3.8, 4) is 0 Å². The molecule has 116 valence electrons. The minimum Gasteiger partial charge on any atom is -0.459 e. The van der Waals surface area contributed by atoms with Crippen LogP contribution in [0.1, 0.15) is 50.1 Å². The van der Waals surface area contributed by atoms with Gasteiger partial charge in [-0.2, -0.15) is 0 Å². The first-order valence-electron chi connectivity index (χ1n) is 7.71. The van der Waals surface area contributed by atoms with E-state index in [-0.39, 0.29) is 17.9 Å². The van der Waals surface area contributed by atoms with Crippen LogP contribution in [0.3, 0.4) is 0 Å². The molecule has 1 saturated heterocycles. The molecule has 21 heavy (non-hydrogen) atoms. The Balaban J connectivity index is 1.86. The fraction of sp³-hybridized carbons (Fsp3) is 0.625. The summed E-state index contributed by atoms with van der Waals surface area (Å²) in [4.78, 5) is 26.2. The second-order valence-corrected chi connectivity index (χ2v) is 5.96. The second-order valence-electron chi connectivity index (χ2n) is 5.96. The molecule has 0 bridgehead atoms. The van der Waals surface area contributed by atoms with Gasteiger partial charge in [-0.25, -0.2) is 0 Å². The predicted molar refractivity (Wildman–Crippen MR) is 79.8 cm³/mol. The van der Waals surface area contributed by atoms with Crippen molar-refractivity contribution in [1.82, 2.24) is 10.2 Å². The molecule has 1 atom stereocenters. The summed E-state index contributed by atoms with van der Waals surface area (Å²) >= 11 is 0. The van der Waals surface area contributed by atoms with E-state index < -0.39 is 0 Å². The third-order valence-corrected chi connectivity index (χ3v) is 3.81. The lowest BCUT2D eigenvalue weighted by molar-refractivity contribution is -0.124. The van der Waals surface area contributed by atoms with Gasteiger partial charge in [0.1, 0.15) is 6.04 Å². The lowest BCUT2D eigenvalue weighted by Gasteiger charge is -2.23. The van der Waals surface area contributed by atoms with E-state index in [1.54, 1.807) is 17.0 Å². The van der Waals surface area contributed by atoms with E-state index in [9.17, 15) is 9.59 Å². The molecule has 1 aromatic heterocycles. The minimum absolute atomic E-state index is 0.0452. The summed E-state index contributed by atoms with van der Waals surface area (Å²) in [6, 6.07) is 2.96. The van der Waals surface area contributed by atoms with Crippen molar-refractivity contribution in [2.24, 2.45) is 5.92 Å². The summed E-state index contributed by atoms with van der Waals surface area (Å²) < 4.78 is 5.14. The number of carbonyl (C=O) groups is 2. The molecule has 5 nitrogen and oxygen atoms in total. The van der Waals surface area contributed by atoms with Crippen LogP contribution in [0.25, 0.3) is 0 Å². The highest BCUT2D eigenvalue weighted by Crippen LogP contribution is 2.20. The van der Waals surface area contributed by atoms with Gasteiger partial charge in [-0.15, -0.1) is 0 Å².